The van der Waals surface area contributed by atoms with Gasteiger partial charge in [0.1, 0.15) is 17.5 Å². The lowest BCUT2D eigenvalue weighted by molar-refractivity contribution is -0.130. The lowest BCUT2D eigenvalue weighted by Crippen LogP contribution is -2.44. The molecule has 2 rings (SSSR count). The second-order valence-electron chi connectivity index (χ2n) is 4.52. The molecule has 0 saturated carbocycles. The Morgan fingerprint density at radius 1 is 1.68 bits per heavy atom. The third kappa shape index (κ3) is 2.11. The van der Waals surface area contributed by atoms with Crippen LogP contribution in [0.15, 0.2) is 17.1 Å². The van der Waals surface area contributed by atoms with Gasteiger partial charge >= 0.3 is 5.69 Å². The highest BCUT2D eigenvalue weighted by atomic mass is 19.1. The summed E-state index contributed by atoms with van der Waals surface area (Å²) in [4.78, 5) is 15.1. The van der Waals surface area contributed by atoms with Crippen molar-refractivity contribution in [1.82, 2.24) is 9.55 Å². The van der Waals surface area contributed by atoms with Gasteiger partial charge < -0.3 is 20.7 Å². The van der Waals surface area contributed by atoms with Crippen LogP contribution in [0.2, 0.25) is 0 Å². The van der Waals surface area contributed by atoms with Crippen molar-refractivity contribution >= 4 is 5.82 Å². The van der Waals surface area contributed by atoms with Gasteiger partial charge in [-0.1, -0.05) is 6.92 Å². The predicted octanol–water partition coefficient (Wildman–Crippen LogP) is -0.806. The van der Waals surface area contributed by atoms with Crippen molar-refractivity contribution in [2.45, 2.75) is 37.4 Å². The summed E-state index contributed by atoms with van der Waals surface area (Å²) in [5.74, 6) is 0.0131. The molecule has 1 aromatic rings. The molecule has 1 saturated heterocycles. The number of hydrogen-bond donors (Lipinski definition) is 3. The molecular weight excluding hydrogens is 257 g/mol. The van der Waals surface area contributed by atoms with Gasteiger partial charge in [-0.3, -0.25) is 4.57 Å². The van der Waals surface area contributed by atoms with Gasteiger partial charge in [0.15, 0.2) is 12.4 Å². The summed E-state index contributed by atoms with van der Waals surface area (Å²) < 4.78 is 20.4. The van der Waals surface area contributed by atoms with Gasteiger partial charge in [0.25, 0.3) is 0 Å². The number of rotatable bonds is 3. The largest absolute Gasteiger partial charge is 0.393 e. The summed E-state index contributed by atoms with van der Waals surface area (Å²) >= 11 is 0. The van der Waals surface area contributed by atoms with Gasteiger partial charge in [-0.2, -0.15) is 4.98 Å². The summed E-state index contributed by atoms with van der Waals surface area (Å²) in [7, 11) is 0. The van der Waals surface area contributed by atoms with E-state index >= 15 is 0 Å². The second-order valence-corrected chi connectivity index (χ2v) is 4.52. The summed E-state index contributed by atoms with van der Waals surface area (Å²) in [6.07, 6.45) is -3.23. The summed E-state index contributed by atoms with van der Waals surface area (Å²) in [5, 5.41) is 19.2. The fourth-order valence-corrected chi connectivity index (χ4v) is 2.19. The molecule has 19 heavy (non-hydrogen) atoms. The number of aliphatic hydroxyl groups excluding tert-OH is 2. The Balaban J connectivity index is 2.39. The molecule has 7 nitrogen and oxygen atoms in total. The van der Waals surface area contributed by atoms with Crippen molar-refractivity contribution in [3.8, 4) is 0 Å². The third-order valence-electron chi connectivity index (χ3n) is 3.46. The van der Waals surface area contributed by atoms with Crippen LogP contribution in [-0.2, 0) is 4.74 Å². The van der Waals surface area contributed by atoms with E-state index in [2.05, 4.69) is 4.98 Å². The smallest absolute Gasteiger partial charge is 0.351 e. The Bertz CT molecular complexity index is 517. The Labute approximate surface area is 108 Å². The molecule has 0 bridgehead atoms. The average Bonchev–Trinajstić information content (AvgIpc) is 2.64. The molecule has 0 radical (unpaired) electrons. The van der Waals surface area contributed by atoms with E-state index in [4.69, 9.17) is 10.5 Å². The quantitative estimate of drug-likeness (QED) is 0.664. The molecule has 1 aromatic heterocycles. The van der Waals surface area contributed by atoms with Crippen LogP contribution in [0.25, 0.3) is 0 Å². The molecule has 0 spiro atoms. The van der Waals surface area contributed by atoms with Crippen LogP contribution in [-0.4, -0.2) is 44.2 Å². The van der Waals surface area contributed by atoms with Crippen molar-refractivity contribution < 1.29 is 19.3 Å². The van der Waals surface area contributed by atoms with Crippen molar-refractivity contribution in [1.29, 1.82) is 0 Å². The Morgan fingerprint density at radius 3 is 2.84 bits per heavy atom. The van der Waals surface area contributed by atoms with E-state index in [-0.39, 0.29) is 12.2 Å². The first-order valence-electron chi connectivity index (χ1n) is 5.90. The van der Waals surface area contributed by atoms with Crippen molar-refractivity contribution in [2.24, 2.45) is 0 Å². The van der Waals surface area contributed by atoms with Crippen LogP contribution in [0.4, 0.5) is 10.2 Å². The number of nitrogens with two attached hydrogens (primary N) is 1. The lowest BCUT2D eigenvalue weighted by Gasteiger charge is -2.28. The van der Waals surface area contributed by atoms with Gasteiger partial charge in [0, 0.05) is 6.20 Å². The first-order chi connectivity index (χ1) is 8.95. The summed E-state index contributed by atoms with van der Waals surface area (Å²) in [6, 6.07) is 1.33. The Kier molecular flexibility index (Phi) is 3.57. The molecule has 0 amide bonds. The van der Waals surface area contributed by atoms with Crippen molar-refractivity contribution in [2.75, 3.05) is 12.3 Å². The van der Waals surface area contributed by atoms with Crippen LogP contribution in [0.1, 0.15) is 19.6 Å². The van der Waals surface area contributed by atoms with E-state index < -0.39 is 36.4 Å². The SMILES string of the molecule is CC[C@]1(CO)O[C@@H](n2ccc(N)nc2=O)[C@H](F)[C@H]1O. The molecule has 0 aliphatic carbocycles. The number of anilines is 1. The maximum absolute atomic E-state index is 14.1. The molecule has 0 unspecified atom stereocenters. The number of aliphatic hydroxyl groups is 2. The minimum Gasteiger partial charge on any atom is -0.393 e. The van der Waals surface area contributed by atoms with E-state index in [0.29, 0.717) is 0 Å². The molecule has 2 heterocycles. The molecule has 1 fully saturated rings. The number of aromatic nitrogens is 2. The normalized spacial score (nSPS) is 34.6. The summed E-state index contributed by atoms with van der Waals surface area (Å²) in [6.45, 7) is 1.11. The maximum atomic E-state index is 14.1. The Morgan fingerprint density at radius 2 is 2.37 bits per heavy atom. The van der Waals surface area contributed by atoms with Gasteiger partial charge in [0.05, 0.1) is 6.61 Å². The van der Waals surface area contributed by atoms with Crippen LogP contribution in [0, 0.1) is 0 Å². The van der Waals surface area contributed by atoms with E-state index in [1.54, 1.807) is 6.92 Å². The maximum Gasteiger partial charge on any atom is 0.351 e. The lowest BCUT2D eigenvalue weighted by atomic mass is 9.94. The molecule has 1 aliphatic rings. The van der Waals surface area contributed by atoms with E-state index in [9.17, 15) is 19.4 Å². The topological polar surface area (TPSA) is 111 Å². The van der Waals surface area contributed by atoms with Crippen LogP contribution < -0.4 is 11.4 Å². The molecule has 0 aromatic carbocycles. The van der Waals surface area contributed by atoms with Gasteiger partial charge in [0.2, 0.25) is 0 Å². The monoisotopic (exact) mass is 273 g/mol. The zero-order chi connectivity index (χ0) is 14.2. The molecule has 4 atom stereocenters. The molecular formula is C11H16FN3O4. The highest BCUT2D eigenvalue weighted by Crippen LogP contribution is 2.40. The molecule has 4 N–H and O–H groups in total. The third-order valence-corrected chi connectivity index (χ3v) is 3.46. The number of hydrogen-bond acceptors (Lipinski definition) is 6. The minimum absolute atomic E-state index is 0.0131. The van der Waals surface area contributed by atoms with Crippen LogP contribution >= 0.6 is 0 Å². The first kappa shape index (κ1) is 13.9. The highest BCUT2D eigenvalue weighted by Gasteiger charge is 2.54. The average molecular weight is 273 g/mol. The zero-order valence-electron chi connectivity index (χ0n) is 10.4. The molecule has 1 aliphatic heterocycles. The molecule has 106 valence electrons. The second kappa shape index (κ2) is 4.87. The van der Waals surface area contributed by atoms with Crippen molar-refractivity contribution in [3.05, 3.63) is 22.7 Å². The van der Waals surface area contributed by atoms with Gasteiger partial charge in [-0.05, 0) is 12.5 Å². The standard InChI is InChI=1S/C11H16FN3O4/c1-2-11(5-16)8(17)7(12)9(19-11)15-4-3-6(13)14-10(15)18/h3-4,7-9,16-17H,2,5H2,1H3,(H2,13,14,18)/t7-,8-,9-,11-/m1/s1. The number of alkyl halides is 1. The summed E-state index contributed by atoms with van der Waals surface area (Å²) in [5.41, 5.74) is 3.16. The Hall–Kier alpha value is -1.51. The fraction of sp³-hybridized carbons (Fsp3) is 0.636. The molecule has 8 heteroatoms. The van der Waals surface area contributed by atoms with Gasteiger partial charge in [-0.25, -0.2) is 9.18 Å². The zero-order valence-corrected chi connectivity index (χ0v) is 10.4. The van der Waals surface area contributed by atoms with E-state index in [1.807, 2.05) is 0 Å². The van der Waals surface area contributed by atoms with Crippen molar-refractivity contribution in [3.63, 3.8) is 0 Å². The predicted molar refractivity (Wildman–Crippen MR) is 64.0 cm³/mol. The fourth-order valence-electron chi connectivity index (χ4n) is 2.19. The minimum atomic E-state index is -1.84. The van der Waals surface area contributed by atoms with Crippen LogP contribution in [0.5, 0.6) is 0 Å². The number of nitrogen functional groups attached to an aromatic ring is 1. The van der Waals surface area contributed by atoms with Gasteiger partial charge in [-0.15, -0.1) is 0 Å². The van der Waals surface area contributed by atoms with Crippen LogP contribution in [0.3, 0.4) is 0 Å². The number of nitrogens with zero attached hydrogens (tertiary/aromatic N) is 2. The number of halogens is 1. The van der Waals surface area contributed by atoms with E-state index in [1.165, 1.54) is 12.3 Å². The first-order valence-corrected chi connectivity index (χ1v) is 5.90. The number of ether oxygens (including phenoxy) is 1. The highest BCUT2D eigenvalue weighted by molar-refractivity contribution is 5.23. The van der Waals surface area contributed by atoms with E-state index in [0.717, 1.165) is 4.57 Å².